The van der Waals surface area contributed by atoms with Gasteiger partial charge in [-0.05, 0) is 55.4 Å². The van der Waals surface area contributed by atoms with Crippen LogP contribution in [0.15, 0.2) is 35.3 Å². The second-order valence-electron chi connectivity index (χ2n) is 7.29. The smallest absolute Gasteiger partial charge is 0.268 e. The minimum Gasteiger partial charge on any atom is -0.369 e. The fourth-order valence-electron chi connectivity index (χ4n) is 3.95. The Morgan fingerprint density at radius 1 is 1.19 bits per heavy atom. The second-order valence-corrected chi connectivity index (χ2v) is 7.29. The van der Waals surface area contributed by atoms with Crippen LogP contribution in [0.4, 0.5) is 11.4 Å². The second kappa shape index (κ2) is 6.94. The number of hydrogen-bond acceptors (Lipinski definition) is 4. The Balaban J connectivity index is 1.44. The van der Waals surface area contributed by atoms with Gasteiger partial charge in [0.15, 0.2) is 0 Å². The standard InChI is InChI=1S/C20H24N4O2/c1-23-19(25)11-18(12-21-23)24-9-3-6-16(13-24)20(26)22-17-8-7-14-4-2-5-15(14)10-17/h7-8,10-12,16H,2-6,9,13H2,1H3,(H,22,26)/t16-/m1/s1. The average molecular weight is 352 g/mol. The van der Waals surface area contributed by atoms with E-state index in [9.17, 15) is 9.59 Å². The van der Waals surface area contributed by atoms with E-state index in [2.05, 4.69) is 27.4 Å². The van der Waals surface area contributed by atoms with Gasteiger partial charge in [0.25, 0.3) is 5.56 Å². The number of carbonyl (C=O) groups excluding carboxylic acids is 1. The third kappa shape index (κ3) is 3.36. The van der Waals surface area contributed by atoms with Gasteiger partial charge < -0.3 is 10.2 Å². The number of nitrogens with one attached hydrogen (secondary N) is 1. The maximum Gasteiger partial charge on any atom is 0.268 e. The molecule has 2 aromatic rings. The molecule has 0 bridgehead atoms. The van der Waals surface area contributed by atoms with Gasteiger partial charge in [-0.3, -0.25) is 9.59 Å². The summed E-state index contributed by atoms with van der Waals surface area (Å²) in [5, 5.41) is 7.17. The number of benzene rings is 1. The highest BCUT2D eigenvalue weighted by Gasteiger charge is 2.26. The number of aryl methyl sites for hydroxylation is 3. The Hall–Kier alpha value is -2.63. The van der Waals surface area contributed by atoms with E-state index in [0.29, 0.717) is 6.54 Å². The van der Waals surface area contributed by atoms with Crippen LogP contribution in [0.2, 0.25) is 0 Å². The Morgan fingerprint density at radius 3 is 2.88 bits per heavy atom. The molecule has 6 nitrogen and oxygen atoms in total. The van der Waals surface area contributed by atoms with Crippen LogP contribution in [-0.4, -0.2) is 28.8 Å². The van der Waals surface area contributed by atoms with E-state index in [0.717, 1.165) is 43.6 Å². The van der Waals surface area contributed by atoms with E-state index in [1.807, 2.05) is 6.07 Å². The molecule has 136 valence electrons. The van der Waals surface area contributed by atoms with Gasteiger partial charge in [0.1, 0.15) is 0 Å². The van der Waals surface area contributed by atoms with Crippen LogP contribution in [0.25, 0.3) is 0 Å². The highest BCUT2D eigenvalue weighted by atomic mass is 16.2. The van der Waals surface area contributed by atoms with E-state index in [1.54, 1.807) is 19.3 Å². The van der Waals surface area contributed by atoms with Crippen molar-refractivity contribution >= 4 is 17.3 Å². The predicted molar refractivity (Wildman–Crippen MR) is 102 cm³/mol. The first-order chi connectivity index (χ1) is 12.6. The molecule has 1 fully saturated rings. The molecule has 1 aromatic heterocycles. The average Bonchev–Trinajstić information content (AvgIpc) is 3.12. The molecule has 0 saturated carbocycles. The zero-order valence-electron chi connectivity index (χ0n) is 15.1. The van der Waals surface area contributed by atoms with Crippen LogP contribution in [0.5, 0.6) is 0 Å². The molecule has 1 aromatic carbocycles. The summed E-state index contributed by atoms with van der Waals surface area (Å²) in [6.07, 6.45) is 6.94. The number of nitrogens with zero attached hydrogens (tertiary/aromatic N) is 3. The van der Waals surface area contributed by atoms with Gasteiger partial charge in [0.2, 0.25) is 5.91 Å². The SMILES string of the molecule is Cn1ncc(N2CCC[C@@H](C(=O)Nc3ccc4c(c3)CCC4)C2)cc1=O. The summed E-state index contributed by atoms with van der Waals surface area (Å²) >= 11 is 0. The summed E-state index contributed by atoms with van der Waals surface area (Å²) in [5.41, 5.74) is 4.32. The Bertz CT molecular complexity index is 890. The lowest BCUT2D eigenvalue weighted by Crippen LogP contribution is -2.41. The number of fused-ring (bicyclic) bond motifs is 1. The maximum absolute atomic E-state index is 12.7. The number of aromatic nitrogens is 2. The normalized spacial score (nSPS) is 19.3. The van der Waals surface area contributed by atoms with Crippen molar-refractivity contribution in [1.29, 1.82) is 0 Å². The molecule has 26 heavy (non-hydrogen) atoms. The van der Waals surface area contributed by atoms with Crippen molar-refractivity contribution in [2.75, 3.05) is 23.3 Å². The number of hydrogen-bond donors (Lipinski definition) is 1. The van der Waals surface area contributed by atoms with Gasteiger partial charge >= 0.3 is 0 Å². The van der Waals surface area contributed by atoms with Crippen molar-refractivity contribution in [3.05, 3.63) is 51.9 Å². The summed E-state index contributed by atoms with van der Waals surface area (Å²) in [4.78, 5) is 26.7. The lowest BCUT2D eigenvalue weighted by atomic mass is 9.96. The van der Waals surface area contributed by atoms with Crippen molar-refractivity contribution in [1.82, 2.24) is 9.78 Å². The topological polar surface area (TPSA) is 67.2 Å². The first-order valence-electron chi connectivity index (χ1n) is 9.31. The lowest BCUT2D eigenvalue weighted by Gasteiger charge is -2.33. The molecule has 1 aliphatic carbocycles. The fourth-order valence-corrected chi connectivity index (χ4v) is 3.95. The zero-order valence-corrected chi connectivity index (χ0v) is 15.1. The number of piperidine rings is 1. The quantitative estimate of drug-likeness (QED) is 0.919. The highest BCUT2D eigenvalue weighted by molar-refractivity contribution is 5.93. The van der Waals surface area contributed by atoms with Crippen LogP contribution in [0.1, 0.15) is 30.4 Å². The molecule has 1 atom stereocenters. The Kier molecular flexibility index (Phi) is 4.49. The number of rotatable bonds is 3. The molecule has 1 aliphatic heterocycles. The van der Waals surface area contributed by atoms with Crippen molar-refractivity contribution in [3.8, 4) is 0 Å². The van der Waals surface area contributed by atoms with Gasteiger partial charge in [-0.25, -0.2) is 4.68 Å². The Labute approximate surface area is 152 Å². The monoisotopic (exact) mass is 352 g/mol. The minimum atomic E-state index is -0.132. The van der Waals surface area contributed by atoms with Gasteiger partial charge in [0, 0.05) is 31.9 Å². The van der Waals surface area contributed by atoms with Crippen LogP contribution < -0.4 is 15.8 Å². The minimum absolute atomic E-state index is 0.0597. The summed E-state index contributed by atoms with van der Waals surface area (Å²) in [6.45, 7) is 1.46. The molecule has 2 heterocycles. The van der Waals surface area contributed by atoms with Gasteiger partial charge in [-0.2, -0.15) is 5.10 Å². The molecule has 1 saturated heterocycles. The fraction of sp³-hybridized carbons (Fsp3) is 0.450. The molecule has 1 amide bonds. The van der Waals surface area contributed by atoms with Crippen LogP contribution >= 0.6 is 0 Å². The molecule has 6 heteroatoms. The maximum atomic E-state index is 12.7. The lowest BCUT2D eigenvalue weighted by molar-refractivity contribution is -0.120. The molecule has 0 spiro atoms. The first kappa shape index (κ1) is 16.8. The van der Waals surface area contributed by atoms with Crippen molar-refractivity contribution in [3.63, 3.8) is 0 Å². The molecular formula is C20H24N4O2. The van der Waals surface area contributed by atoms with Crippen molar-refractivity contribution < 1.29 is 4.79 Å². The van der Waals surface area contributed by atoms with Crippen molar-refractivity contribution in [2.45, 2.75) is 32.1 Å². The van der Waals surface area contributed by atoms with Crippen molar-refractivity contribution in [2.24, 2.45) is 13.0 Å². The summed E-state index contributed by atoms with van der Waals surface area (Å²) in [7, 11) is 1.63. The van der Waals surface area contributed by atoms with Gasteiger partial charge in [-0.15, -0.1) is 0 Å². The molecular weight excluding hydrogens is 328 g/mol. The van der Waals surface area contributed by atoms with Crippen LogP contribution in [0.3, 0.4) is 0 Å². The molecule has 2 aliphatic rings. The summed E-state index contributed by atoms with van der Waals surface area (Å²) in [5.74, 6) is -0.0227. The van der Waals surface area contributed by atoms with Gasteiger partial charge in [-0.1, -0.05) is 6.07 Å². The van der Waals surface area contributed by atoms with Crippen LogP contribution in [-0.2, 0) is 24.7 Å². The number of amides is 1. The molecule has 0 radical (unpaired) electrons. The summed E-state index contributed by atoms with van der Waals surface area (Å²) in [6, 6.07) is 7.85. The molecule has 1 N–H and O–H groups in total. The number of anilines is 2. The molecule has 0 unspecified atom stereocenters. The van der Waals surface area contributed by atoms with E-state index >= 15 is 0 Å². The Morgan fingerprint density at radius 2 is 2.04 bits per heavy atom. The van der Waals surface area contributed by atoms with Gasteiger partial charge in [0.05, 0.1) is 17.8 Å². The first-order valence-corrected chi connectivity index (χ1v) is 9.31. The summed E-state index contributed by atoms with van der Waals surface area (Å²) < 4.78 is 1.31. The molecule has 4 rings (SSSR count). The largest absolute Gasteiger partial charge is 0.369 e. The third-order valence-corrected chi connectivity index (χ3v) is 5.48. The third-order valence-electron chi connectivity index (χ3n) is 5.48. The van der Waals surface area contributed by atoms with Crippen LogP contribution in [0, 0.1) is 5.92 Å². The predicted octanol–water partition coefficient (Wildman–Crippen LogP) is 2.12. The number of carbonyl (C=O) groups is 1. The van der Waals surface area contributed by atoms with E-state index in [-0.39, 0.29) is 17.4 Å². The zero-order chi connectivity index (χ0) is 18.1. The van der Waals surface area contributed by atoms with E-state index in [1.165, 1.54) is 22.2 Å². The van der Waals surface area contributed by atoms with E-state index in [4.69, 9.17) is 0 Å². The van der Waals surface area contributed by atoms with E-state index < -0.39 is 0 Å². The highest BCUT2D eigenvalue weighted by Crippen LogP contribution is 2.26.